The molecule has 262 valence electrons. The summed E-state index contributed by atoms with van der Waals surface area (Å²) in [4.78, 5) is 24.4. The Hall–Kier alpha value is -7.63. The van der Waals surface area contributed by atoms with E-state index in [1.165, 1.54) is 6.07 Å². The highest BCUT2D eigenvalue weighted by Gasteiger charge is 2.16. The monoisotopic (exact) mass is 725 g/mol. The first-order valence-corrected chi connectivity index (χ1v) is 17.8. The lowest BCUT2D eigenvalue weighted by Gasteiger charge is -2.14. The number of fused-ring (bicyclic) bond motifs is 2. The van der Waals surface area contributed by atoms with E-state index in [0.29, 0.717) is 17.1 Å². The molecule has 10 rings (SSSR count). The number of aromatic nitrogens is 5. The molecule has 7 aromatic carbocycles. The summed E-state index contributed by atoms with van der Waals surface area (Å²) in [6, 6.07) is 39.1. The van der Waals surface area contributed by atoms with E-state index in [1.54, 1.807) is 12.1 Å². The topological polar surface area (TPSA) is 64.5 Å². The third-order valence-electron chi connectivity index (χ3n) is 9.52. The molecule has 0 amide bonds. The summed E-state index contributed by atoms with van der Waals surface area (Å²) in [5, 5.41) is 2.92. The zero-order chi connectivity index (χ0) is 46.0. The maximum absolute atomic E-state index is 8.69. The Bertz CT molecular complexity index is 3460. The van der Waals surface area contributed by atoms with Gasteiger partial charge in [0, 0.05) is 33.2 Å². The van der Waals surface area contributed by atoms with E-state index in [2.05, 4.69) is 16.0 Å². The lowest BCUT2D eigenvalue weighted by Crippen LogP contribution is -1.98. The third-order valence-corrected chi connectivity index (χ3v) is 9.52. The molecule has 3 aromatic heterocycles. The molecule has 5 nitrogen and oxygen atoms in total. The second-order valence-corrected chi connectivity index (χ2v) is 13.0. The van der Waals surface area contributed by atoms with Crippen LogP contribution < -0.4 is 0 Å². The van der Waals surface area contributed by atoms with Crippen LogP contribution in [-0.2, 0) is 0 Å². The molecular formula is C51H33N5. The van der Waals surface area contributed by atoms with Crippen LogP contribution >= 0.6 is 0 Å². The van der Waals surface area contributed by atoms with Crippen LogP contribution in [0.15, 0.2) is 200 Å². The van der Waals surface area contributed by atoms with Crippen LogP contribution in [0.3, 0.4) is 0 Å². The van der Waals surface area contributed by atoms with E-state index in [0.717, 1.165) is 55.3 Å². The summed E-state index contributed by atoms with van der Waals surface area (Å²) in [5.41, 5.74) is 6.43. The van der Waals surface area contributed by atoms with Crippen molar-refractivity contribution in [3.05, 3.63) is 200 Å². The Labute approximate surface area is 338 Å². The van der Waals surface area contributed by atoms with Crippen LogP contribution in [0.25, 0.3) is 101 Å². The molecule has 3 heterocycles. The zero-order valence-corrected chi connectivity index (χ0v) is 29.5. The fraction of sp³-hybridized carbons (Fsp3) is 0. The number of benzene rings is 7. The fourth-order valence-corrected chi connectivity index (χ4v) is 6.81. The van der Waals surface area contributed by atoms with E-state index >= 15 is 0 Å². The van der Waals surface area contributed by atoms with Gasteiger partial charge in [-0.15, -0.1) is 0 Å². The van der Waals surface area contributed by atoms with Crippen molar-refractivity contribution in [2.24, 2.45) is 0 Å². The van der Waals surface area contributed by atoms with Gasteiger partial charge in [-0.25, -0.2) is 24.9 Å². The van der Waals surface area contributed by atoms with E-state index < -0.39 is 60.4 Å². The van der Waals surface area contributed by atoms with Gasteiger partial charge in [0.2, 0.25) is 0 Å². The van der Waals surface area contributed by atoms with Crippen LogP contribution in [-0.4, -0.2) is 24.9 Å². The van der Waals surface area contributed by atoms with Crippen molar-refractivity contribution in [3.8, 4) is 79.1 Å². The molecule has 5 heteroatoms. The van der Waals surface area contributed by atoms with E-state index in [1.807, 2.05) is 115 Å². The first-order chi connectivity index (χ1) is 31.9. The molecule has 0 aliphatic heterocycles. The van der Waals surface area contributed by atoms with Gasteiger partial charge in [-0.1, -0.05) is 176 Å². The van der Waals surface area contributed by atoms with Gasteiger partial charge >= 0.3 is 0 Å². The lowest BCUT2D eigenvalue weighted by molar-refractivity contribution is 1.16. The standard InChI is InChI=1S/C51H33N5/c1-4-14-35(15-5-1)46-32-47(36-16-6-2-7-17-36)54-50(53-46)39-26-24-34(25-27-39)40-29-30-43(42-22-12-11-21-41(40)42)49-33-48(37-18-8-3-9-19-37)55-51(56-49)45-31-28-38-20-10-13-23-44(38)52-45/h1-33H/i1D,2D,4D,5D,6D,7D,14D,15D,16D,17D. The predicted molar refractivity (Wildman–Crippen MR) is 228 cm³/mol. The molecule has 10 aromatic rings. The minimum atomic E-state index is -0.581. The minimum Gasteiger partial charge on any atom is -0.244 e. The summed E-state index contributed by atoms with van der Waals surface area (Å²) >= 11 is 0. The maximum Gasteiger partial charge on any atom is 0.179 e. The molecule has 0 saturated carbocycles. The highest BCUT2D eigenvalue weighted by Crippen LogP contribution is 2.38. The smallest absolute Gasteiger partial charge is 0.179 e. The second-order valence-electron chi connectivity index (χ2n) is 13.0. The summed E-state index contributed by atoms with van der Waals surface area (Å²) < 4.78 is 84.3. The van der Waals surface area contributed by atoms with Crippen LogP contribution in [0.2, 0.25) is 0 Å². The molecule has 0 fully saturated rings. The third kappa shape index (κ3) is 6.37. The molecule has 0 radical (unpaired) electrons. The Morgan fingerprint density at radius 3 is 1.57 bits per heavy atom. The largest absolute Gasteiger partial charge is 0.244 e. The van der Waals surface area contributed by atoms with Crippen LogP contribution in [0.1, 0.15) is 13.7 Å². The number of rotatable bonds is 7. The highest BCUT2D eigenvalue weighted by atomic mass is 14.9. The maximum atomic E-state index is 8.69. The average molecular weight is 726 g/mol. The molecule has 0 aliphatic carbocycles. The minimum absolute atomic E-state index is 0.0440. The van der Waals surface area contributed by atoms with Crippen molar-refractivity contribution in [1.29, 1.82) is 0 Å². The number of nitrogens with zero attached hydrogens (tertiary/aromatic N) is 5. The quantitative estimate of drug-likeness (QED) is 0.164. The van der Waals surface area contributed by atoms with Crippen LogP contribution in [0.4, 0.5) is 0 Å². The first-order valence-electron chi connectivity index (χ1n) is 22.8. The van der Waals surface area contributed by atoms with Crippen molar-refractivity contribution in [3.63, 3.8) is 0 Å². The van der Waals surface area contributed by atoms with Crippen molar-refractivity contribution in [2.45, 2.75) is 0 Å². The van der Waals surface area contributed by atoms with E-state index in [-0.39, 0.29) is 28.3 Å². The molecule has 0 unspecified atom stereocenters. The molecule has 56 heavy (non-hydrogen) atoms. The summed E-state index contributed by atoms with van der Waals surface area (Å²) in [7, 11) is 0. The number of hydrogen-bond donors (Lipinski definition) is 0. The molecule has 0 spiro atoms. The average Bonchev–Trinajstić information content (AvgIpc) is 3.36. The summed E-state index contributed by atoms with van der Waals surface area (Å²) in [5.74, 6) is 0.538. The van der Waals surface area contributed by atoms with Gasteiger partial charge in [-0.05, 0) is 46.2 Å². The Kier molecular flexibility index (Phi) is 6.11. The summed E-state index contributed by atoms with van der Waals surface area (Å²) in [6.07, 6.45) is 0. The van der Waals surface area contributed by atoms with Gasteiger partial charge in [-0.3, -0.25) is 0 Å². The van der Waals surface area contributed by atoms with Gasteiger partial charge in [0.05, 0.1) is 42.0 Å². The first kappa shape index (κ1) is 23.9. The molecule has 0 N–H and O–H groups in total. The van der Waals surface area contributed by atoms with Gasteiger partial charge < -0.3 is 0 Å². The van der Waals surface area contributed by atoms with Crippen molar-refractivity contribution >= 4 is 21.7 Å². The van der Waals surface area contributed by atoms with Crippen LogP contribution in [0.5, 0.6) is 0 Å². The zero-order valence-electron chi connectivity index (χ0n) is 39.5. The van der Waals surface area contributed by atoms with Crippen molar-refractivity contribution in [2.75, 3.05) is 0 Å². The van der Waals surface area contributed by atoms with Crippen molar-refractivity contribution in [1.82, 2.24) is 24.9 Å². The molecular weight excluding hydrogens is 683 g/mol. The van der Waals surface area contributed by atoms with Gasteiger partial charge in [0.15, 0.2) is 11.6 Å². The van der Waals surface area contributed by atoms with E-state index in [9.17, 15) is 0 Å². The molecule has 0 aliphatic rings. The number of pyridine rings is 1. The van der Waals surface area contributed by atoms with Gasteiger partial charge in [0.25, 0.3) is 0 Å². The molecule has 0 atom stereocenters. The van der Waals surface area contributed by atoms with E-state index in [4.69, 9.17) is 28.7 Å². The SMILES string of the molecule is [2H]c1c([2H])c([2H])c(-c2cc(-c3c([2H])c([2H])c([2H])c([2H])c3[2H])nc(-c3ccc(-c4ccc(-c5cc(-c6ccccc6)nc(-c6ccc7ccccc7n6)n5)c5ccccc45)cc3)n2)c([2H])c1[2H]. The fourth-order valence-electron chi connectivity index (χ4n) is 6.81. The highest BCUT2D eigenvalue weighted by molar-refractivity contribution is 6.05. The number of para-hydroxylation sites is 1. The van der Waals surface area contributed by atoms with Gasteiger partial charge in [0.1, 0.15) is 5.69 Å². The molecule has 0 saturated heterocycles. The van der Waals surface area contributed by atoms with Crippen molar-refractivity contribution < 1.29 is 13.7 Å². The van der Waals surface area contributed by atoms with Gasteiger partial charge in [-0.2, -0.15) is 0 Å². The Morgan fingerprint density at radius 2 is 0.857 bits per heavy atom. The number of hydrogen-bond acceptors (Lipinski definition) is 5. The lowest BCUT2D eigenvalue weighted by atomic mass is 9.93. The summed E-state index contributed by atoms with van der Waals surface area (Å²) in [6.45, 7) is 0. The van der Waals surface area contributed by atoms with Crippen LogP contribution in [0, 0.1) is 0 Å². The Morgan fingerprint density at radius 1 is 0.321 bits per heavy atom. The predicted octanol–water partition coefficient (Wildman–Crippen LogP) is 12.6. The normalized spacial score (nSPS) is 13.7. The Balaban J connectivity index is 1.09. The molecule has 0 bridgehead atoms. The second kappa shape index (κ2) is 14.3.